The van der Waals surface area contributed by atoms with Crippen LogP contribution < -0.4 is 4.74 Å². The molecule has 0 aliphatic heterocycles. The van der Waals surface area contributed by atoms with Crippen molar-refractivity contribution in [2.24, 2.45) is 5.41 Å². The highest BCUT2D eigenvalue weighted by molar-refractivity contribution is 5.69. The standard InChI is InChI=1S/C13H18F2N2O3/c1-3-4-7-19-11(18)17-6-5-10(16-17)20-9-12(2)8-13(12,14)15/h5-6H,3-4,7-9H2,1-2H3. The van der Waals surface area contributed by atoms with Crippen LogP contribution in [0.15, 0.2) is 12.3 Å². The quantitative estimate of drug-likeness (QED) is 0.755. The number of rotatable bonds is 6. The van der Waals surface area contributed by atoms with Crippen molar-refractivity contribution < 1.29 is 23.0 Å². The lowest BCUT2D eigenvalue weighted by atomic mass is 10.1. The van der Waals surface area contributed by atoms with Gasteiger partial charge in [-0.1, -0.05) is 20.3 Å². The van der Waals surface area contributed by atoms with E-state index in [1.165, 1.54) is 19.2 Å². The van der Waals surface area contributed by atoms with Gasteiger partial charge in [-0.2, -0.15) is 4.68 Å². The minimum absolute atomic E-state index is 0.123. The van der Waals surface area contributed by atoms with E-state index in [0.717, 1.165) is 17.5 Å². The molecule has 1 aromatic rings. The van der Waals surface area contributed by atoms with E-state index in [9.17, 15) is 13.6 Å². The maximum atomic E-state index is 13.0. The molecule has 0 amide bonds. The van der Waals surface area contributed by atoms with Gasteiger partial charge in [-0.3, -0.25) is 0 Å². The van der Waals surface area contributed by atoms with Crippen LogP contribution in [0, 0.1) is 5.41 Å². The number of hydrogen-bond acceptors (Lipinski definition) is 4. The van der Waals surface area contributed by atoms with E-state index in [-0.39, 0.29) is 18.9 Å². The second-order valence-corrected chi connectivity index (χ2v) is 5.30. The van der Waals surface area contributed by atoms with Crippen molar-refractivity contribution in [1.82, 2.24) is 9.78 Å². The van der Waals surface area contributed by atoms with Gasteiger partial charge in [0.15, 0.2) is 0 Å². The first-order chi connectivity index (χ1) is 9.38. The van der Waals surface area contributed by atoms with Crippen molar-refractivity contribution in [3.63, 3.8) is 0 Å². The van der Waals surface area contributed by atoms with Gasteiger partial charge in [-0.25, -0.2) is 13.6 Å². The van der Waals surface area contributed by atoms with Crippen LogP contribution in [0.25, 0.3) is 0 Å². The molecule has 0 radical (unpaired) electrons. The molecule has 0 bridgehead atoms. The summed E-state index contributed by atoms with van der Waals surface area (Å²) < 4.78 is 37.2. The van der Waals surface area contributed by atoms with Gasteiger partial charge < -0.3 is 9.47 Å². The van der Waals surface area contributed by atoms with Crippen molar-refractivity contribution in [2.75, 3.05) is 13.2 Å². The van der Waals surface area contributed by atoms with Crippen LogP contribution in [0.5, 0.6) is 5.88 Å². The monoisotopic (exact) mass is 288 g/mol. The number of carbonyl (C=O) groups is 1. The summed E-state index contributed by atoms with van der Waals surface area (Å²) in [6, 6.07) is 1.45. The van der Waals surface area contributed by atoms with Gasteiger partial charge in [0.2, 0.25) is 5.88 Å². The highest BCUT2D eigenvalue weighted by Crippen LogP contribution is 2.60. The molecule has 5 nitrogen and oxygen atoms in total. The van der Waals surface area contributed by atoms with E-state index in [4.69, 9.17) is 9.47 Å². The lowest BCUT2D eigenvalue weighted by molar-refractivity contribution is 0.0488. The summed E-state index contributed by atoms with van der Waals surface area (Å²) in [7, 11) is 0. The van der Waals surface area contributed by atoms with Crippen molar-refractivity contribution in [2.45, 2.75) is 39.0 Å². The van der Waals surface area contributed by atoms with Crippen LogP contribution in [0.3, 0.4) is 0 Å². The Morgan fingerprint density at radius 1 is 1.55 bits per heavy atom. The van der Waals surface area contributed by atoms with Crippen LogP contribution >= 0.6 is 0 Å². The Bertz CT molecular complexity index is 490. The first kappa shape index (κ1) is 14.7. The topological polar surface area (TPSA) is 53.4 Å². The van der Waals surface area contributed by atoms with Gasteiger partial charge in [0, 0.05) is 18.7 Å². The smallest absolute Gasteiger partial charge is 0.434 e. The van der Waals surface area contributed by atoms with Crippen LogP contribution in [0.4, 0.5) is 13.6 Å². The van der Waals surface area contributed by atoms with E-state index in [2.05, 4.69) is 5.10 Å². The summed E-state index contributed by atoms with van der Waals surface area (Å²) in [5.74, 6) is -2.53. The van der Waals surface area contributed by atoms with Gasteiger partial charge in [0.25, 0.3) is 5.92 Å². The van der Waals surface area contributed by atoms with Gasteiger partial charge in [0.05, 0.1) is 12.0 Å². The lowest BCUT2D eigenvalue weighted by Crippen LogP contribution is -2.18. The molecule has 2 rings (SSSR count). The SMILES string of the molecule is CCCCOC(=O)n1ccc(OCC2(C)CC2(F)F)n1. The predicted octanol–water partition coefficient (Wildman–Crippen LogP) is 3.09. The van der Waals surface area contributed by atoms with Crippen LogP contribution in [0.2, 0.25) is 0 Å². The van der Waals surface area contributed by atoms with Gasteiger partial charge in [-0.15, -0.1) is 5.10 Å². The molecule has 7 heteroatoms. The summed E-state index contributed by atoms with van der Waals surface area (Å²) in [5.41, 5.74) is -1.13. The van der Waals surface area contributed by atoms with E-state index >= 15 is 0 Å². The first-order valence-corrected chi connectivity index (χ1v) is 6.61. The Kier molecular flexibility index (Phi) is 3.96. The van der Waals surface area contributed by atoms with Crippen molar-refractivity contribution >= 4 is 6.09 Å². The third kappa shape index (κ3) is 3.08. The fourth-order valence-corrected chi connectivity index (χ4v) is 1.69. The van der Waals surface area contributed by atoms with E-state index in [0.29, 0.717) is 6.61 Å². The maximum Gasteiger partial charge on any atom is 0.434 e. The molecular formula is C13H18F2N2O3. The Hall–Kier alpha value is -1.66. The molecule has 0 N–H and O–H groups in total. The Labute approximate surface area is 115 Å². The molecule has 0 saturated heterocycles. The molecule has 1 aliphatic rings. The molecule has 1 aliphatic carbocycles. The average molecular weight is 288 g/mol. The third-order valence-corrected chi connectivity index (χ3v) is 3.38. The molecule has 0 spiro atoms. The number of aromatic nitrogens is 2. The molecule has 1 fully saturated rings. The molecule has 112 valence electrons. The maximum absolute atomic E-state index is 13.0. The number of alkyl halides is 2. The zero-order valence-corrected chi connectivity index (χ0v) is 11.6. The zero-order valence-electron chi connectivity index (χ0n) is 11.6. The second-order valence-electron chi connectivity index (χ2n) is 5.30. The summed E-state index contributed by atoms with van der Waals surface area (Å²) >= 11 is 0. The van der Waals surface area contributed by atoms with Crippen molar-refractivity contribution in [3.8, 4) is 5.88 Å². The summed E-state index contributed by atoms with van der Waals surface area (Å²) in [6.07, 6.45) is 2.31. The normalized spacial score (nSPS) is 23.4. The number of carbonyl (C=O) groups excluding carboxylic acids is 1. The molecular weight excluding hydrogens is 270 g/mol. The van der Waals surface area contributed by atoms with Crippen LogP contribution in [-0.2, 0) is 4.74 Å². The Balaban J connectivity index is 1.82. The molecule has 1 saturated carbocycles. The third-order valence-electron chi connectivity index (χ3n) is 3.38. The second kappa shape index (κ2) is 5.38. The Morgan fingerprint density at radius 3 is 2.85 bits per heavy atom. The number of ether oxygens (including phenoxy) is 2. The molecule has 20 heavy (non-hydrogen) atoms. The average Bonchev–Trinajstić information content (AvgIpc) is 2.78. The predicted molar refractivity (Wildman–Crippen MR) is 67.0 cm³/mol. The minimum atomic E-state index is -2.67. The summed E-state index contributed by atoms with van der Waals surface area (Å²) in [5, 5.41) is 3.84. The van der Waals surface area contributed by atoms with Crippen LogP contribution in [0.1, 0.15) is 33.1 Å². The fraction of sp³-hybridized carbons (Fsp3) is 0.692. The number of nitrogens with zero attached hydrogens (tertiary/aromatic N) is 2. The highest BCUT2D eigenvalue weighted by Gasteiger charge is 2.68. The lowest BCUT2D eigenvalue weighted by Gasteiger charge is -2.09. The first-order valence-electron chi connectivity index (χ1n) is 6.61. The summed E-state index contributed by atoms with van der Waals surface area (Å²) in [4.78, 5) is 11.6. The zero-order chi connectivity index (χ0) is 14.8. The highest BCUT2D eigenvalue weighted by atomic mass is 19.3. The van der Waals surface area contributed by atoms with Gasteiger partial charge in [-0.05, 0) is 6.42 Å². The van der Waals surface area contributed by atoms with E-state index in [1.54, 1.807) is 0 Å². The van der Waals surface area contributed by atoms with Crippen molar-refractivity contribution in [3.05, 3.63) is 12.3 Å². The summed E-state index contributed by atoms with van der Waals surface area (Å²) in [6.45, 7) is 3.66. The van der Waals surface area contributed by atoms with E-state index in [1.807, 2.05) is 6.92 Å². The largest absolute Gasteiger partial charge is 0.476 e. The van der Waals surface area contributed by atoms with Gasteiger partial charge in [0.1, 0.15) is 6.61 Å². The number of halogens is 2. The fourth-order valence-electron chi connectivity index (χ4n) is 1.69. The number of hydrogen-bond donors (Lipinski definition) is 0. The molecule has 1 atom stereocenters. The van der Waals surface area contributed by atoms with Crippen molar-refractivity contribution in [1.29, 1.82) is 0 Å². The Morgan fingerprint density at radius 2 is 2.25 bits per heavy atom. The molecule has 0 aromatic carbocycles. The minimum Gasteiger partial charge on any atom is -0.476 e. The molecule has 1 heterocycles. The molecule has 1 aromatic heterocycles. The van der Waals surface area contributed by atoms with Gasteiger partial charge >= 0.3 is 6.09 Å². The van der Waals surface area contributed by atoms with E-state index < -0.39 is 17.4 Å². The number of unbranched alkanes of at least 4 members (excludes halogenated alkanes) is 1. The van der Waals surface area contributed by atoms with Crippen LogP contribution in [-0.4, -0.2) is 35.0 Å². The molecule has 1 unspecified atom stereocenters.